The van der Waals surface area contributed by atoms with Crippen molar-refractivity contribution in [1.82, 2.24) is 5.32 Å². The highest BCUT2D eigenvalue weighted by Gasteiger charge is 2.16. The van der Waals surface area contributed by atoms with E-state index >= 15 is 0 Å². The summed E-state index contributed by atoms with van der Waals surface area (Å²) in [6.45, 7) is 3.06. The Morgan fingerprint density at radius 2 is 1.86 bits per heavy atom. The van der Waals surface area contributed by atoms with Gasteiger partial charge in [-0.1, -0.05) is 36.4 Å². The standard InChI is InChI=1S/C22H23NO5/c1-16(22(25)23-12-11-17-5-3-2-4-6-17)28-21(24)10-8-18-7-9-19-20(15-18)27-14-13-26-19/h2-10,15-16H,11-14H2,1H3,(H,23,25)/b10-8+/t16-/m0/s1. The number of hydrogen-bond acceptors (Lipinski definition) is 5. The van der Waals surface area contributed by atoms with Crippen LogP contribution in [0.15, 0.2) is 54.6 Å². The maximum atomic E-state index is 12.1. The minimum atomic E-state index is -0.867. The summed E-state index contributed by atoms with van der Waals surface area (Å²) in [6, 6.07) is 15.3. The fourth-order valence-corrected chi connectivity index (χ4v) is 2.71. The molecule has 1 heterocycles. The summed E-state index contributed by atoms with van der Waals surface area (Å²) in [7, 11) is 0. The number of amides is 1. The van der Waals surface area contributed by atoms with Crippen molar-refractivity contribution in [2.75, 3.05) is 19.8 Å². The van der Waals surface area contributed by atoms with Gasteiger partial charge in [0.05, 0.1) is 0 Å². The van der Waals surface area contributed by atoms with Crippen LogP contribution in [0.1, 0.15) is 18.1 Å². The van der Waals surface area contributed by atoms with E-state index in [0.717, 1.165) is 17.5 Å². The number of hydrogen-bond donors (Lipinski definition) is 1. The van der Waals surface area contributed by atoms with Crippen LogP contribution in [0.2, 0.25) is 0 Å². The van der Waals surface area contributed by atoms with E-state index in [1.165, 1.54) is 6.08 Å². The average molecular weight is 381 g/mol. The Morgan fingerprint density at radius 3 is 2.64 bits per heavy atom. The number of nitrogens with one attached hydrogen (secondary N) is 1. The van der Waals surface area contributed by atoms with Gasteiger partial charge in [-0.3, -0.25) is 4.79 Å². The van der Waals surface area contributed by atoms with Crippen LogP contribution in [0.5, 0.6) is 11.5 Å². The molecule has 0 radical (unpaired) electrons. The first-order valence-corrected chi connectivity index (χ1v) is 9.22. The first-order chi connectivity index (χ1) is 13.6. The van der Waals surface area contributed by atoms with Gasteiger partial charge in [-0.25, -0.2) is 4.79 Å². The molecule has 0 unspecified atom stereocenters. The molecule has 6 nitrogen and oxygen atoms in total. The maximum Gasteiger partial charge on any atom is 0.331 e. The monoisotopic (exact) mass is 381 g/mol. The Kier molecular flexibility index (Phi) is 6.68. The number of fused-ring (bicyclic) bond motifs is 1. The Balaban J connectivity index is 1.44. The average Bonchev–Trinajstić information content (AvgIpc) is 2.72. The molecule has 0 aromatic heterocycles. The zero-order chi connectivity index (χ0) is 19.8. The zero-order valence-corrected chi connectivity index (χ0v) is 15.7. The largest absolute Gasteiger partial charge is 0.486 e. The normalized spacial score (nSPS) is 13.8. The lowest BCUT2D eigenvalue weighted by molar-refractivity contribution is -0.150. The minimum absolute atomic E-state index is 0.322. The van der Waals surface area contributed by atoms with Crippen molar-refractivity contribution in [3.63, 3.8) is 0 Å². The van der Waals surface area contributed by atoms with Crippen LogP contribution in [0.3, 0.4) is 0 Å². The lowest BCUT2D eigenvalue weighted by atomic mass is 10.1. The first kappa shape index (κ1) is 19.5. The Bertz CT molecular complexity index is 847. The van der Waals surface area contributed by atoms with E-state index in [1.807, 2.05) is 36.4 Å². The molecule has 0 fully saturated rings. The second-order valence-corrected chi connectivity index (χ2v) is 6.34. The van der Waals surface area contributed by atoms with Gasteiger partial charge in [0, 0.05) is 12.6 Å². The van der Waals surface area contributed by atoms with E-state index in [0.29, 0.717) is 31.3 Å². The van der Waals surface area contributed by atoms with E-state index in [9.17, 15) is 9.59 Å². The van der Waals surface area contributed by atoms with Crippen LogP contribution < -0.4 is 14.8 Å². The van der Waals surface area contributed by atoms with Crippen LogP contribution in [-0.2, 0) is 20.7 Å². The Morgan fingerprint density at radius 1 is 1.11 bits per heavy atom. The van der Waals surface area contributed by atoms with Crippen molar-refractivity contribution < 1.29 is 23.8 Å². The van der Waals surface area contributed by atoms with Gasteiger partial charge in [-0.05, 0) is 42.7 Å². The van der Waals surface area contributed by atoms with E-state index in [1.54, 1.807) is 25.1 Å². The van der Waals surface area contributed by atoms with Crippen LogP contribution in [0.4, 0.5) is 0 Å². The van der Waals surface area contributed by atoms with Gasteiger partial charge < -0.3 is 19.5 Å². The summed E-state index contributed by atoms with van der Waals surface area (Å²) in [5.41, 5.74) is 1.91. The summed E-state index contributed by atoms with van der Waals surface area (Å²) < 4.78 is 16.1. The number of ether oxygens (including phenoxy) is 3. The molecule has 6 heteroatoms. The highest BCUT2D eigenvalue weighted by Crippen LogP contribution is 2.31. The molecule has 1 atom stereocenters. The van der Waals surface area contributed by atoms with E-state index in [-0.39, 0.29) is 5.91 Å². The smallest absolute Gasteiger partial charge is 0.331 e. The molecule has 1 amide bonds. The Hall–Kier alpha value is -3.28. The second-order valence-electron chi connectivity index (χ2n) is 6.34. The van der Waals surface area contributed by atoms with Crippen LogP contribution in [0, 0.1) is 0 Å². The second kappa shape index (κ2) is 9.60. The van der Waals surface area contributed by atoms with Crippen molar-refractivity contribution in [3.05, 3.63) is 65.7 Å². The number of esters is 1. The molecule has 0 spiro atoms. The van der Waals surface area contributed by atoms with Crippen molar-refractivity contribution in [1.29, 1.82) is 0 Å². The predicted molar refractivity (Wildman–Crippen MR) is 105 cm³/mol. The summed E-state index contributed by atoms with van der Waals surface area (Å²) in [4.78, 5) is 24.0. The van der Waals surface area contributed by atoms with E-state index in [4.69, 9.17) is 14.2 Å². The number of benzene rings is 2. The molecule has 2 aromatic carbocycles. The molecule has 2 aromatic rings. The van der Waals surface area contributed by atoms with Gasteiger partial charge in [0.2, 0.25) is 0 Å². The Labute approximate surface area is 164 Å². The third-order valence-electron chi connectivity index (χ3n) is 4.20. The van der Waals surface area contributed by atoms with Crippen molar-refractivity contribution in [2.45, 2.75) is 19.4 Å². The molecular weight excluding hydrogens is 358 g/mol. The fraction of sp³-hybridized carbons (Fsp3) is 0.273. The molecule has 1 aliphatic rings. The molecular formula is C22H23NO5. The van der Waals surface area contributed by atoms with E-state index in [2.05, 4.69) is 5.32 Å². The fourth-order valence-electron chi connectivity index (χ4n) is 2.71. The van der Waals surface area contributed by atoms with Crippen LogP contribution in [-0.4, -0.2) is 37.7 Å². The maximum absolute atomic E-state index is 12.1. The molecule has 1 N–H and O–H groups in total. The van der Waals surface area contributed by atoms with Gasteiger partial charge in [-0.2, -0.15) is 0 Å². The molecule has 146 valence electrons. The number of rotatable bonds is 7. The lowest BCUT2D eigenvalue weighted by Gasteiger charge is -2.18. The van der Waals surface area contributed by atoms with Gasteiger partial charge >= 0.3 is 5.97 Å². The van der Waals surface area contributed by atoms with E-state index < -0.39 is 12.1 Å². The summed E-state index contributed by atoms with van der Waals surface area (Å²) in [5, 5.41) is 2.77. The summed E-state index contributed by atoms with van der Waals surface area (Å²) in [5.74, 6) is 0.428. The van der Waals surface area contributed by atoms with Crippen LogP contribution in [0.25, 0.3) is 6.08 Å². The number of carbonyl (C=O) groups is 2. The first-order valence-electron chi connectivity index (χ1n) is 9.22. The number of carbonyl (C=O) groups excluding carboxylic acids is 2. The van der Waals surface area contributed by atoms with Crippen molar-refractivity contribution >= 4 is 18.0 Å². The molecule has 0 saturated heterocycles. The lowest BCUT2D eigenvalue weighted by Crippen LogP contribution is -2.36. The minimum Gasteiger partial charge on any atom is -0.486 e. The quantitative estimate of drug-likeness (QED) is 0.590. The SMILES string of the molecule is C[C@H](OC(=O)/C=C/c1ccc2c(c1)OCCO2)C(=O)NCCc1ccccc1. The van der Waals surface area contributed by atoms with Crippen molar-refractivity contribution in [2.24, 2.45) is 0 Å². The topological polar surface area (TPSA) is 73.9 Å². The van der Waals surface area contributed by atoms with Crippen LogP contribution >= 0.6 is 0 Å². The predicted octanol–water partition coefficient (Wildman–Crippen LogP) is 2.76. The zero-order valence-electron chi connectivity index (χ0n) is 15.7. The molecule has 0 aliphatic carbocycles. The molecule has 28 heavy (non-hydrogen) atoms. The molecule has 0 saturated carbocycles. The highest BCUT2D eigenvalue weighted by atomic mass is 16.6. The molecule has 1 aliphatic heterocycles. The third-order valence-corrected chi connectivity index (χ3v) is 4.20. The van der Waals surface area contributed by atoms with Gasteiger partial charge in [0.25, 0.3) is 5.91 Å². The summed E-state index contributed by atoms with van der Waals surface area (Å²) in [6.07, 6.45) is 2.75. The third kappa shape index (κ3) is 5.61. The molecule has 3 rings (SSSR count). The summed E-state index contributed by atoms with van der Waals surface area (Å²) >= 11 is 0. The van der Waals surface area contributed by atoms with Gasteiger partial charge in [0.15, 0.2) is 17.6 Å². The molecule has 0 bridgehead atoms. The van der Waals surface area contributed by atoms with Gasteiger partial charge in [-0.15, -0.1) is 0 Å². The van der Waals surface area contributed by atoms with Crippen molar-refractivity contribution in [3.8, 4) is 11.5 Å². The highest BCUT2D eigenvalue weighted by molar-refractivity contribution is 5.90. The van der Waals surface area contributed by atoms with Gasteiger partial charge in [0.1, 0.15) is 13.2 Å².